The van der Waals surface area contributed by atoms with Crippen LogP contribution in [0.4, 0.5) is 0 Å². The second-order valence-electron chi connectivity index (χ2n) is 13.8. The van der Waals surface area contributed by atoms with Gasteiger partial charge in [0.1, 0.15) is 6.10 Å². The van der Waals surface area contributed by atoms with E-state index in [1.54, 1.807) is 0 Å². The maximum absolute atomic E-state index is 13.6. The van der Waals surface area contributed by atoms with Gasteiger partial charge in [-0.1, -0.05) is 154 Å². The molecular formula is C39H76NO8P. The van der Waals surface area contributed by atoms with Gasteiger partial charge < -0.3 is 20.8 Å². The number of carbonyl (C=O) groups is 2. The van der Waals surface area contributed by atoms with Gasteiger partial charge in [0.25, 0.3) is 0 Å². The van der Waals surface area contributed by atoms with Crippen LogP contribution in [-0.2, 0) is 23.2 Å². The topological polar surface area (TPSA) is 156 Å². The van der Waals surface area contributed by atoms with Crippen LogP contribution >= 0.6 is 7.82 Å². The fraction of sp³-hybridized carbons (Fsp3) is 0.897. The highest BCUT2D eigenvalue weighted by Gasteiger charge is 2.55. The normalized spacial score (nSPS) is 15.0. The Bertz CT molecular complexity index is 870. The summed E-state index contributed by atoms with van der Waals surface area (Å²) in [7, 11) is -4.95. The molecule has 0 rings (SSSR count). The highest BCUT2D eigenvalue weighted by molar-refractivity contribution is 7.47. The van der Waals surface area contributed by atoms with E-state index in [4.69, 9.17) is 14.8 Å². The van der Waals surface area contributed by atoms with Crippen molar-refractivity contribution >= 4 is 19.4 Å². The first-order valence-electron chi connectivity index (χ1n) is 20.1. The molecule has 0 radical (unpaired) electrons. The molecule has 0 aromatic rings. The van der Waals surface area contributed by atoms with Crippen LogP contribution in [0.2, 0.25) is 0 Å². The summed E-state index contributed by atoms with van der Waals surface area (Å²) in [6.07, 6.45) is 31.0. The van der Waals surface area contributed by atoms with E-state index >= 15 is 0 Å². The SMILES string of the molecule is CCCCCCCCC=CCCCCCCCC(=O)C(OP(=O)(O)OCCN)(C(=O)CCCCCCCCCCCCCCC)[C@@H](O)CO. The van der Waals surface area contributed by atoms with Crippen molar-refractivity contribution in [3.8, 4) is 0 Å². The summed E-state index contributed by atoms with van der Waals surface area (Å²) in [5.41, 5.74) is 2.72. The molecule has 0 aromatic heterocycles. The Kier molecular flexibility index (Phi) is 32.3. The summed E-state index contributed by atoms with van der Waals surface area (Å²) < 4.78 is 22.9. The van der Waals surface area contributed by atoms with Crippen LogP contribution in [0.3, 0.4) is 0 Å². The molecule has 0 amide bonds. The zero-order valence-electron chi connectivity index (χ0n) is 31.6. The van der Waals surface area contributed by atoms with Crippen molar-refractivity contribution in [1.29, 1.82) is 0 Å². The minimum absolute atomic E-state index is 0.0841. The van der Waals surface area contributed by atoms with Crippen LogP contribution in [0.1, 0.15) is 194 Å². The van der Waals surface area contributed by atoms with Crippen molar-refractivity contribution in [2.45, 2.75) is 205 Å². The Morgan fingerprint density at radius 2 is 1.00 bits per heavy atom. The molecule has 3 atom stereocenters. The Labute approximate surface area is 300 Å². The van der Waals surface area contributed by atoms with Gasteiger partial charge in [-0.25, -0.2) is 4.57 Å². The summed E-state index contributed by atoms with van der Waals surface area (Å²) >= 11 is 0. The average molecular weight is 718 g/mol. The molecule has 2 unspecified atom stereocenters. The van der Waals surface area contributed by atoms with E-state index in [1.165, 1.54) is 89.9 Å². The standard InChI is InChI=1S/C39H76NO8P/c1-3-5-7-9-11-13-15-17-18-20-22-24-26-28-30-32-37(43)39(38(44)35-41,48-49(45,46)47-34-33-40)36(42)31-29-27-25-23-21-19-16-14-12-10-8-6-4-2/h17-18,38,41,44H,3-16,19-35,40H2,1-2H3,(H,45,46)/t38-,39?/m0/s1. The second kappa shape index (κ2) is 32.9. The van der Waals surface area contributed by atoms with Crippen molar-refractivity contribution in [1.82, 2.24) is 0 Å². The van der Waals surface area contributed by atoms with E-state index in [-0.39, 0.29) is 26.0 Å². The van der Waals surface area contributed by atoms with Gasteiger partial charge in [-0.05, 0) is 38.5 Å². The smallest absolute Gasteiger partial charge is 0.394 e. The molecule has 0 fully saturated rings. The summed E-state index contributed by atoms with van der Waals surface area (Å²) in [4.78, 5) is 37.5. The number of aliphatic hydroxyl groups excluding tert-OH is 2. The number of hydrogen-bond acceptors (Lipinski definition) is 8. The molecule has 0 saturated heterocycles. The third-order valence-corrected chi connectivity index (χ3v) is 10.3. The summed E-state index contributed by atoms with van der Waals surface area (Å²) in [6, 6.07) is 0. The number of hydrogen-bond donors (Lipinski definition) is 4. The van der Waals surface area contributed by atoms with Gasteiger partial charge in [0.15, 0.2) is 11.6 Å². The lowest BCUT2D eigenvalue weighted by Gasteiger charge is -2.35. The van der Waals surface area contributed by atoms with Gasteiger partial charge in [-0.2, -0.15) is 0 Å². The van der Waals surface area contributed by atoms with E-state index in [2.05, 4.69) is 26.0 Å². The highest BCUT2D eigenvalue weighted by atomic mass is 31.2. The maximum Gasteiger partial charge on any atom is 0.473 e. The number of Topliss-reactive ketones (excluding diaryl/α,β-unsaturated/α-hetero) is 2. The number of carbonyl (C=O) groups excluding carboxylic acids is 2. The molecule has 9 nitrogen and oxygen atoms in total. The van der Waals surface area contributed by atoms with E-state index in [0.717, 1.165) is 64.2 Å². The third kappa shape index (κ3) is 24.8. The van der Waals surface area contributed by atoms with Crippen LogP contribution in [0.15, 0.2) is 12.2 Å². The van der Waals surface area contributed by atoms with Crippen LogP contribution in [0.5, 0.6) is 0 Å². The molecule has 0 aliphatic rings. The monoisotopic (exact) mass is 718 g/mol. The quantitative estimate of drug-likeness (QED) is 0.0211. The van der Waals surface area contributed by atoms with Gasteiger partial charge in [0.2, 0.25) is 5.60 Å². The molecule has 0 aromatic carbocycles. The molecule has 0 aliphatic carbocycles. The fourth-order valence-electron chi connectivity index (χ4n) is 6.23. The fourth-order valence-corrected chi connectivity index (χ4v) is 7.30. The molecule has 49 heavy (non-hydrogen) atoms. The van der Waals surface area contributed by atoms with Crippen LogP contribution < -0.4 is 5.73 Å². The van der Waals surface area contributed by atoms with Crippen molar-refractivity contribution in [2.75, 3.05) is 19.8 Å². The van der Waals surface area contributed by atoms with Crippen molar-refractivity contribution < 1.29 is 38.3 Å². The zero-order valence-corrected chi connectivity index (χ0v) is 32.5. The predicted octanol–water partition coefficient (Wildman–Crippen LogP) is 9.83. The predicted molar refractivity (Wildman–Crippen MR) is 202 cm³/mol. The van der Waals surface area contributed by atoms with E-state index in [0.29, 0.717) is 12.8 Å². The summed E-state index contributed by atoms with van der Waals surface area (Å²) in [6.45, 7) is 3.05. The molecule has 0 bridgehead atoms. The molecule has 290 valence electrons. The van der Waals surface area contributed by atoms with Gasteiger partial charge in [0.05, 0.1) is 13.2 Å². The summed E-state index contributed by atoms with van der Waals surface area (Å²) in [5.74, 6) is -1.61. The highest BCUT2D eigenvalue weighted by Crippen LogP contribution is 2.49. The van der Waals surface area contributed by atoms with Crippen LogP contribution in [0, 0.1) is 0 Å². The number of unbranched alkanes of at least 4 members (excludes halogenated alkanes) is 23. The van der Waals surface area contributed by atoms with Crippen LogP contribution in [0.25, 0.3) is 0 Å². The number of ketones is 2. The van der Waals surface area contributed by atoms with Crippen LogP contribution in [-0.4, -0.2) is 58.1 Å². The van der Waals surface area contributed by atoms with Gasteiger partial charge in [0, 0.05) is 19.4 Å². The lowest BCUT2D eigenvalue weighted by Crippen LogP contribution is -2.58. The number of rotatable bonds is 38. The average Bonchev–Trinajstić information content (AvgIpc) is 3.09. The van der Waals surface area contributed by atoms with Crippen molar-refractivity contribution in [2.24, 2.45) is 5.73 Å². The largest absolute Gasteiger partial charge is 0.473 e. The molecule has 10 heteroatoms. The molecule has 0 saturated carbocycles. The molecule has 5 N–H and O–H groups in total. The number of phosphoric acid groups is 1. The van der Waals surface area contributed by atoms with Crippen molar-refractivity contribution in [3.05, 3.63) is 12.2 Å². The minimum Gasteiger partial charge on any atom is -0.394 e. The van der Waals surface area contributed by atoms with Gasteiger partial charge in [-0.15, -0.1) is 0 Å². The van der Waals surface area contributed by atoms with E-state index in [9.17, 15) is 29.3 Å². The molecule has 0 aliphatic heterocycles. The minimum atomic E-state index is -4.95. The molecule has 0 heterocycles. The first kappa shape index (κ1) is 48.1. The Hall–Kier alpha value is -0.930. The zero-order chi connectivity index (χ0) is 36.5. The summed E-state index contributed by atoms with van der Waals surface area (Å²) in [5, 5.41) is 20.6. The van der Waals surface area contributed by atoms with E-state index < -0.39 is 37.7 Å². The molecular weight excluding hydrogens is 641 g/mol. The Balaban J connectivity index is 4.82. The van der Waals surface area contributed by atoms with Crippen molar-refractivity contribution in [3.63, 3.8) is 0 Å². The number of phosphoric ester groups is 1. The van der Waals surface area contributed by atoms with E-state index in [1.807, 2.05) is 0 Å². The number of aliphatic hydroxyl groups is 2. The third-order valence-electron chi connectivity index (χ3n) is 9.28. The molecule has 0 spiro atoms. The first-order chi connectivity index (χ1) is 23.7. The number of nitrogens with two attached hydrogens (primary N) is 1. The van der Waals surface area contributed by atoms with Gasteiger partial charge >= 0.3 is 7.82 Å². The lowest BCUT2D eigenvalue weighted by atomic mass is 9.82. The van der Waals surface area contributed by atoms with Gasteiger partial charge in [-0.3, -0.25) is 18.6 Å². The number of allylic oxidation sites excluding steroid dienone is 2. The Morgan fingerprint density at radius 1 is 0.653 bits per heavy atom. The lowest BCUT2D eigenvalue weighted by molar-refractivity contribution is -0.164. The second-order valence-corrected chi connectivity index (χ2v) is 15.2. The first-order valence-corrected chi connectivity index (χ1v) is 21.6. The maximum atomic E-state index is 13.6. The Morgan fingerprint density at radius 3 is 1.35 bits per heavy atom.